The Morgan fingerprint density at radius 3 is 2.50 bits per heavy atom. The second-order valence-corrected chi connectivity index (χ2v) is 5.55. The fourth-order valence-electron chi connectivity index (χ4n) is 1.51. The Morgan fingerprint density at radius 2 is 2.00 bits per heavy atom. The third-order valence-corrected chi connectivity index (χ3v) is 2.76. The van der Waals surface area contributed by atoms with Gasteiger partial charge in [-0.1, -0.05) is 50.6 Å². The number of carbonyl (C=O) groups is 1. The van der Waals surface area contributed by atoms with Gasteiger partial charge in [0, 0.05) is 6.54 Å². The molecule has 0 aliphatic rings. The van der Waals surface area contributed by atoms with Crippen molar-refractivity contribution in [3.05, 3.63) is 35.4 Å². The molecule has 0 aromatic heterocycles. The van der Waals surface area contributed by atoms with E-state index in [-0.39, 0.29) is 23.7 Å². The second-order valence-electron chi connectivity index (χ2n) is 5.55. The standard InChI is InChI=1S/C14H22N2O.ClH/c1-10-6-5-7-11(8-10)9-16-13(17)12(15)14(2,3)4;/h5-8,12H,9,15H2,1-4H3,(H,16,17);1H/t12-;/m1./s1. The Morgan fingerprint density at radius 1 is 1.39 bits per heavy atom. The number of carbonyl (C=O) groups excluding carboxylic acids is 1. The minimum Gasteiger partial charge on any atom is -0.351 e. The summed E-state index contributed by atoms with van der Waals surface area (Å²) in [7, 11) is 0. The molecule has 102 valence electrons. The molecule has 1 amide bonds. The first-order valence-electron chi connectivity index (χ1n) is 5.89. The largest absolute Gasteiger partial charge is 0.351 e. The molecule has 4 heteroatoms. The Labute approximate surface area is 116 Å². The van der Waals surface area contributed by atoms with Crippen LogP contribution in [0.25, 0.3) is 0 Å². The number of rotatable bonds is 3. The fraction of sp³-hybridized carbons (Fsp3) is 0.500. The first-order chi connectivity index (χ1) is 7.80. The lowest BCUT2D eigenvalue weighted by Crippen LogP contribution is -2.48. The number of hydrogen-bond acceptors (Lipinski definition) is 2. The van der Waals surface area contributed by atoms with Gasteiger partial charge in [-0.05, 0) is 17.9 Å². The zero-order valence-corrected chi connectivity index (χ0v) is 12.3. The lowest BCUT2D eigenvalue weighted by molar-refractivity contribution is -0.124. The summed E-state index contributed by atoms with van der Waals surface area (Å²) in [5.74, 6) is -0.0981. The van der Waals surface area contributed by atoms with Crippen LogP contribution in [0.3, 0.4) is 0 Å². The number of hydrogen-bond donors (Lipinski definition) is 2. The van der Waals surface area contributed by atoms with Crippen molar-refractivity contribution in [1.29, 1.82) is 0 Å². The van der Waals surface area contributed by atoms with Crippen LogP contribution in [0, 0.1) is 12.3 Å². The molecule has 0 saturated heterocycles. The molecule has 3 N–H and O–H groups in total. The summed E-state index contributed by atoms with van der Waals surface area (Å²) in [6.07, 6.45) is 0. The van der Waals surface area contributed by atoms with E-state index in [1.54, 1.807) is 0 Å². The average molecular weight is 271 g/mol. The highest BCUT2D eigenvalue weighted by atomic mass is 35.5. The molecule has 1 rings (SSSR count). The lowest BCUT2D eigenvalue weighted by atomic mass is 9.87. The monoisotopic (exact) mass is 270 g/mol. The van der Waals surface area contributed by atoms with Crippen molar-refractivity contribution in [2.45, 2.75) is 40.3 Å². The van der Waals surface area contributed by atoms with Crippen LogP contribution in [0.5, 0.6) is 0 Å². The highest BCUT2D eigenvalue weighted by Crippen LogP contribution is 2.17. The molecular formula is C14H23ClN2O. The predicted molar refractivity (Wildman–Crippen MR) is 77.7 cm³/mol. The lowest BCUT2D eigenvalue weighted by Gasteiger charge is -2.25. The van der Waals surface area contributed by atoms with Crippen molar-refractivity contribution in [3.63, 3.8) is 0 Å². The molecule has 0 aliphatic heterocycles. The summed E-state index contributed by atoms with van der Waals surface area (Å²) in [5, 5.41) is 2.87. The molecule has 1 atom stereocenters. The van der Waals surface area contributed by atoms with Gasteiger partial charge in [0.15, 0.2) is 0 Å². The number of benzene rings is 1. The van der Waals surface area contributed by atoms with Gasteiger partial charge >= 0.3 is 0 Å². The van der Waals surface area contributed by atoms with Crippen LogP contribution in [0.1, 0.15) is 31.9 Å². The summed E-state index contributed by atoms with van der Waals surface area (Å²) < 4.78 is 0. The molecular weight excluding hydrogens is 248 g/mol. The zero-order chi connectivity index (χ0) is 13.1. The van der Waals surface area contributed by atoms with E-state index < -0.39 is 6.04 Å². The van der Waals surface area contributed by atoms with Crippen LogP contribution in [-0.2, 0) is 11.3 Å². The van der Waals surface area contributed by atoms with Gasteiger partial charge in [-0.15, -0.1) is 12.4 Å². The maximum atomic E-state index is 11.8. The van der Waals surface area contributed by atoms with Crippen LogP contribution in [-0.4, -0.2) is 11.9 Å². The van der Waals surface area contributed by atoms with E-state index >= 15 is 0 Å². The first-order valence-corrected chi connectivity index (χ1v) is 5.89. The topological polar surface area (TPSA) is 55.1 Å². The van der Waals surface area contributed by atoms with Crippen molar-refractivity contribution in [2.75, 3.05) is 0 Å². The molecule has 0 bridgehead atoms. The summed E-state index contributed by atoms with van der Waals surface area (Å²) in [6, 6.07) is 7.60. The smallest absolute Gasteiger partial charge is 0.237 e. The highest BCUT2D eigenvalue weighted by molar-refractivity contribution is 5.85. The molecule has 0 fully saturated rings. The van der Waals surface area contributed by atoms with Crippen molar-refractivity contribution >= 4 is 18.3 Å². The van der Waals surface area contributed by atoms with Crippen molar-refractivity contribution in [3.8, 4) is 0 Å². The Bertz CT molecular complexity index is 399. The summed E-state index contributed by atoms with van der Waals surface area (Å²) >= 11 is 0. The maximum Gasteiger partial charge on any atom is 0.237 e. The minimum atomic E-state index is -0.479. The third kappa shape index (κ3) is 5.07. The molecule has 0 spiro atoms. The molecule has 0 unspecified atom stereocenters. The van der Waals surface area contributed by atoms with Gasteiger partial charge in [0.2, 0.25) is 5.91 Å². The Balaban J connectivity index is 0.00000289. The number of halogens is 1. The molecule has 1 aromatic rings. The SMILES string of the molecule is Cc1cccc(CNC(=O)[C@@H](N)C(C)(C)C)c1.Cl. The van der Waals surface area contributed by atoms with Gasteiger partial charge in [-0.3, -0.25) is 4.79 Å². The number of nitrogens with one attached hydrogen (secondary N) is 1. The van der Waals surface area contributed by atoms with Crippen LogP contribution >= 0.6 is 12.4 Å². The quantitative estimate of drug-likeness (QED) is 0.886. The Hall–Kier alpha value is -1.06. The molecule has 1 aromatic carbocycles. The highest BCUT2D eigenvalue weighted by Gasteiger charge is 2.26. The Kier molecular flexibility index (Phi) is 6.36. The van der Waals surface area contributed by atoms with E-state index in [0.717, 1.165) is 5.56 Å². The van der Waals surface area contributed by atoms with Gasteiger partial charge < -0.3 is 11.1 Å². The van der Waals surface area contributed by atoms with Crippen molar-refractivity contribution in [2.24, 2.45) is 11.1 Å². The molecule has 0 radical (unpaired) electrons. The summed E-state index contributed by atoms with van der Waals surface area (Å²) in [5.41, 5.74) is 7.95. The molecule has 0 heterocycles. The maximum absolute atomic E-state index is 11.8. The summed E-state index contributed by atoms with van der Waals surface area (Å²) in [6.45, 7) is 8.45. The molecule has 0 saturated carbocycles. The van der Waals surface area contributed by atoms with Gasteiger partial charge in [-0.25, -0.2) is 0 Å². The van der Waals surface area contributed by atoms with E-state index in [9.17, 15) is 4.79 Å². The fourth-order valence-corrected chi connectivity index (χ4v) is 1.51. The van der Waals surface area contributed by atoms with E-state index in [0.29, 0.717) is 6.54 Å². The van der Waals surface area contributed by atoms with E-state index in [2.05, 4.69) is 11.4 Å². The number of amides is 1. The van der Waals surface area contributed by atoms with E-state index in [1.165, 1.54) is 5.56 Å². The van der Waals surface area contributed by atoms with Crippen molar-refractivity contribution in [1.82, 2.24) is 5.32 Å². The van der Waals surface area contributed by atoms with Crippen molar-refractivity contribution < 1.29 is 4.79 Å². The van der Waals surface area contributed by atoms with Crippen LogP contribution in [0.4, 0.5) is 0 Å². The van der Waals surface area contributed by atoms with Gasteiger partial charge in [0.1, 0.15) is 0 Å². The zero-order valence-electron chi connectivity index (χ0n) is 11.5. The molecule has 18 heavy (non-hydrogen) atoms. The second kappa shape index (κ2) is 6.76. The van der Waals surface area contributed by atoms with E-state index in [1.807, 2.05) is 45.9 Å². The molecule has 0 aliphatic carbocycles. The van der Waals surface area contributed by atoms with Gasteiger partial charge in [-0.2, -0.15) is 0 Å². The average Bonchev–Trinajstić information content (AvgIpc) is 2.23. The first kappa shape index (κ1) is 16.9. The van der Waals surface area contributed by atoms with E-state index in [4.69, 9.17) is 5.73 Å². The summed E-state index contributed by atoms with van der Waals surface area (Å²) in [4.78, 5) is 11.8. The normalized spacial score (nSPS) is 12.5. The molecule has 3 nitrogen and oxygen atoms in total. The van der Waals surface area contributed by atoms with Crippen LogP contribution < -0.4 is 11.1 Å². The minimum absolute atomic E-state index is 0. The van der Waals surface area contributed by atoms with Crippen LogP contribution in [0.2, 0.25) is 0 Å². The van der Waals surface area contributed by atoms with Crippen LogP contribution in [0.15, 0.2) is 24.3 Å². The number of aryl methyl sites for hydroxylation is 1. The van der Waals surface area contributed by atoms with Gasteiger partial charge in [0.05, 0.1) is 6.04 Å². The van der Waals surface area contributed by atoms with Gasteiger partial charge in [0.25, 0.3) is 0 Å². The number of nitrogens with two attached hydrogens (primary N) is 1. The predicted octanol–water partition coefficient (Wildman–Crippen LogP) is 2.41. The third-order valence-electron chi connectivity index (χ3n) is 2.76.